The predicted molar refractivity (Wildman–Crippen MR) is 76.1 cm³/mol. The van der Waals surface area contributed by atoms with Gasteiger partial charge in [0, 0.05) is 11.5 Å². The molecule has 3 rings (SSSR count). The standard InChI is InChI=1S/C10H10ClFN2O2S3/c11-7-3-6(1-2-8(7)12)19(15,16)13-14-9-4-17-10(14)5-18-9/h1-3,9-10,13H,4-5H2. The van der Waals surface area contributed by atoms with Crippen molar-refractivity contribution in [2.75, 3.05) is 11.5 Å². The normalized spacial score (nSPS) is 27.1. The lowest BCUT2D eigenvalue weighted by Crippen LogP contribution is -2.45. The van der Waals surface area contributed by atoms with Gasteiger partial charge in [-0.2, -0.15) is 0 Å². The van der Waals surface area contributed by atoms with Gasteiger partial charge in [0.25, 0.3) is 10.0 Å². The van der Waals surface area contributed by atoms with Crippen LogP contribution in [0.2, 0.25) is 5.02 Å². The zero-order valence-electron chi connectivity index (χ0n) is 9.55. The number of nitrogens with one attached hydrogen (secondary N) is 1. The molecule has 104 valence electrons. The molecular formula is C10H10ClFN2O2S3. The maximum atomic E-state index is 13.1. The number of hydrazine groups is 1. The lowest BCUT2D eigenvalue weighted by atomic mass is 10.3. The second kappa shape index (κ2) is 5.09. The zero-order chi connectivity index (χ0) is 13.6. The molecule has 0 saturated carbocycles. The van der Waals surface area contributed by atoms with Crippen molar-refractivity contribution in [3.05, 3.63) is 29.0 Å². The highest BCUT2D eigenvalue weighted by Gasteiger charge is 2.43. The third kappa shape index (κ3) is 2.62. The number of rotatable bonds is 3. The van der Waals surface area contributed by atoms with E-state index in [4.69, 9.17) is 11.6 Å². The summed E-state index contributed by atoms with van der Waals surface area (Å²) in [4.78, 5) is 2.54. The van der Waals surface area contributed by atoms with Crippen LogP contribution in [0.5, 0.6) is 0 Å². The minimum atomic E-state index is -3.71. The van der Waals surface area contributed by atoms with E-state index in [9.17, 15) is 12.8 Å². The maximum Gasteiger partial charge on any atom is 0.253 e. The van der Waals surface area contributed by atoms with Crippen molar-refractivity contribution in [3.8, 4) is 0 Å². The molecule has 0 spiro atoms. The second-order valence-corrected chi connectivity index (χ2v) is 8.64. The van der Waals surface area contributed by atoms with Crippen LogP contribution in [-0.4, -0.2) is 35.7 Å². The van der Waals surface area contributed by atoms with Gasteiger partial charge < -0.3 is 0 Å². The summed E-state index contributed by atoms with van der Waals surface area (Å²) in [7, 11) is -3.71. The Morgan fingerprint density at radius 3 is 2.47 bits per heavy atom. The Balaban J connectivity index is 1.84. The molecule has 1 aromatic carbocycles. The molecule has 2 atom stereocenters. The number of benzene rings is 1. The minimum Gasteiger partial charge on any atom is -0.206 e. The smallest absolute Gasteiger partial charge is 0.206 e. The molecule has 2 unspecified atom stereocenters. The Kier molecular flexibility index (Phi) is 3.74. The molecule has 2 bridgehead atoms. The maximum absolute atomic E-state index is 13.1. The molecule has 2 heterocycles. The van der Waals surface area contributed by atoms with Crippen LogP contribution in [-0.2, 0) is 10.0 Å². The number of sulfonamides is 1. The molecule has 4 nitrogen and oxygen atoms in total. The number of fused-ring (bicyclic) bond motifs is 2. The van der Waals surface area contributed by atoms with Gasteiger partial charge in [0.2, 0.25) is 0 Å². The predicted octanol–water partition coefficient (Wildman–Crippen LogP) is 2.12. The average Bonchev–Trinajstić information content (AvgIpc) is 2.92. The van der Waals surface area contributed by atoms with Gasteiger partial charge in [0.1, 0.15) is 5.82 Å². The number of thioether (sulfide) groups is 2. The van der Waals surface area contributed by atoms with Gasteiger partial charge >= 0.3 is 0 Å². The van der Waals surface area contributed by atoms with E-state index in [1.54, 1.807) is 28.5 Å². The van der Waals surface area contributed by atoms with Crippen LogP contribution in [0.3, 0.4) is 0 Å². The molecule has 0 aliphatic carbocycles. The molecule has 2 saturated heterocycles. The van der Waals surface area contributed by atoms with Crippen molar-refractivity contribution in [1.29, 1.82) is 0 Å². The molecule has 2 fully saturated rings. The number of nitrogens with zero attached hydrogens (tertiary/aromatic N) is 1. The number of halogens is 2. The highest BCUT2D eigenvalue weighted by Crippen LogP contribution is 2.42. The van der Waals surface area contributed by atoms with E-state index in [1.807, 2.05) is 0 Å². The van der Waals surface area contributed by atoms with Crippen LogP contribution in [0.25, 0.3) is 0 Å². The highest BCUT2D eigenvalue weighted by molar-refractivity contribution is 8.07. The van der Waals surface area contributed by atoms with Crippen LogP contribution < -0.4 is 4.83 Å². The fraction of sp³-hybridized carbons (Fsp3) is 0.400. The van der Waals surface area contributed by atoms with E-state index < -0.39 is 15.8 Å². The van der Waals surface area contributed by atoms with E-state index in [0.29, 0.717) is 0 Å². The lowest BCUT2D eigenvalue weighted by molar-refractivity contribution is 0.261. The van der Waals surface area contributed by atoms with Crippen LogP contribution >= 0.6 is 35.1 Å². The van der Waals surface area contributed by atoms with Crippen molar-refractivity contribution in [3.63, 3.8) is 0 Å². The third-order valence-corrected chi connectivity index (χ3v) is 7.52. The highest BCUT2D eigenvalue weighted by atomic mass is 35.5. The monoisotopic (exact) mass is 340 g/mol. The van der Waals surface area contributed by atoms with Crippen molar-refractivity contribution in [2.45, 2.75) is 15.6 Å². The molecular weight excluding hydrogens is 331 g/mol. The summed E-state index contributed by atoms with van der Waals surface area (Å²) in [5.74, 6) is 1.18. The first-order chi connectivity index (χ1) is 8.97. The van der Waals surface area contributed by atoms with Crippen LogP contribution in [0.1, 0.15) is 0 Å². The summed E-state index contributed by atoms with van der Waals surface area (Å²) in [6, 6.07) is 3.39. The Labute approximate surface area is 124 Å². The Morgan fingerprint density at radius 1 is 1.32 bits per heavy atom. The summed E-state index contributed by atoms with van der Waals surface area (Å²) in [6.07, 6.45) is 0. The first kappa shape index (κ1) is 14.0. The van der Waals surface area contributed by atoms with Crippen LogP contribution in [0, 0.1) is 5.82 Å². The molecule has 9 heteroatoms. The van der Waals surface area contributed by atoms with Gasteiger partial charge in [-0.15, -0.1) is 28.4 Å². The SMILES string of the molecule is O=S(=O)(NN1C2CSC1CS2)c1ccc(F)c(Cl)c1. The number of hydrogen-bond acceptors (Lipinski definition) is 5. The van der Waals surface area contributed by atoms with Gasteiger partial charge in [0.05, 0.1) is 20.7 Å². The van der Waals surface area contributed by atoms with Crippen molar-refractivity contribution < 1.29 is 12.8 Å². The van der Waals surface area contributed by atoms with E-state index in [0.717, 1.165) is 23.6 Å². The molecule has 19 heavy (non-hydrogen) atoms. The van der Waals surface area contributed by atoms with Crippen LogP contribution in [0.15, 0.2) is 23.1 Å². The van der Waals surface area contributed by atoms with Crippen molar-refractivity contribution in [1.82, 2.24) is 9.84 Å². The quantitative estimate of drug-likeness (QED) is 0.913. The average molecular weight is 341 g/mol. The Bertz CT molecular complexity index is 593. The molecule has 1 aromatic rings. The van der Waals surface area contributed by atoms with Crippen LogP contribution in [0.4, 0.5) is 4.39 Å². The van der Waals surface area contributed by atoms with E-state index in [1.165, 1.54) is 6.07 Å². The summed E-state index contributed by atoms with van der Waals surface area (Å²) in [5, 5.41) is 1.89. The summed E-state index contributed by atoms with van der Waals surface area (Å²) in [6.45, 7) is 0. The largest absolute Gasteiger partial charge is 0.253 e. The van der Waals surface area contributed by atoms with Gasteiger partial charge in [0.15, 0.2) is 0 Å². The first-order valence-electron chi connectivity index (χ1n) is 5.46. The minimum absolute atomic E-state index is 0.0276. The summed E-state index contributed by atoms with van der Waals surface area (Å²) < 4.78 is 37.5. The van der Waals surface area contributed by atoms with Crippen molar-refractivity contribution in [2.24, 2.45) is 0 Å². The molecule has 2 aliphatic heterocycles. The van der Waals surface area contributed by atoms with Gasteiger partial charge in [-0.1, -0.05) is 11.6 Å². The lowest BCUT2D eigenvalue weighted by Gasteiger charge is -2.20. The Morgan fingerprint density at radius 2 is 1.95 bits per heavy atom. The topological polar surface area (TPSA) is 49.4 Å². The fourth-order valence-electron chi connectivity index (χ4n) is 1.94. The molecule has 0 aromatic heterocycles. The van der Waals surface area contributed by atoms with Gasteiger partial charge in [-0.3, -0.25) is 0 Å². The van der Waals surface area contributed by atoms with E-state index >= 15 is 0 Å². The van der Waals surface area contributed by atoms with Gasteiger partial charge in [-0.25, -0.2) is 17.8 Å². The van der Waals surface area contributed by atoms with E-state index in [2.05, 4.69) is 4.83 Å². The number of hydrogen-bond donors (Lipinski definition) is 1. The molecule has 2 aliphatic rings. The van der Waals surface area contributed by atoms with Crippen molar-refractivity contribution >= 4 is 45.1 Å². The third-order valence-electron chi connectivity index (χ3n) is 2.91. The zero-order valence-corrected chi connectivity index (χ0v) is 12.8. The first-order valence-corrected chi connectivity index (χ1v) is 9.42. The second-order valence-electron chi connectivity index (χ2n) is 4.15. The molecule has 0 radical (unpaired) electrons. The molecule has 0 amide bonds. The summed E-state index contributed by atoms with van der Waals surface area (Å²) >= 11 is 9.08. The fourth-order valence-corrected chi connectivity index (χ4v) is 6.61. The van der Waals surface area contributed by atoms with Gasteiger partial charge in [-0.05, 0) is 18.2 Å². The van der Waals surface area contributed by atoms with E-state index in [-0.39, 0.29) is 20.7 Å². The molecule has 1 N–H and O–H groups in total. The Hall–Kier alpha value is 0.01000. The summed E-state index contributed by atoms with van der Waals surface area (Å²) in [5.41, 5.74) is 0.